The quantitative estimate of drug-likeness (QED) is 0.395. The lowest BCUT2D eigenvalue weighted by atomic mass is 10.0. The molecule has 2 saturated heterocycles. The van der Waals surface area contributed by atoms with Crippen LogP contribution in [0.25, 0.3) is 32.2 Å². The van der Waals surface area contributed by atoms with E-state index in [1.807, 2.05) is 25.2 Å². The molecule has 0 radical (unpaired) electrons. The molecule has 0 spiro atoms. The molecule has 2 aliphatic heterocycles. The van der Waals surface area contributed by atoms with Gasteiger partial charge in [0.15, 0.2) is 10.9 Å². The molecular formula is C23H24ClFN8S. The number of fused-ring (bicyclic) bond motifs is 2. The van der Waals surface area contributed by atoms with Crippen molar-refractivity contribution in [2.45, 2.75) is 6.04 Å². The van der Waals surface area contributed by atoms with Gasteiger partial charge in [-0.05, 0) is 19.2 Å². The molecule has 0 amide bonds. The van der Waals surface area contributed by atoms with Gasteiger partial charge in [-0.25, -0.2) is 14.4 Å². The molecule has 0 saturated carbocycles. The van der Waals surface area contributed by atoms with Gasteiger partial charge in [-0.1, -0.05) is 35.1 Å². The van der Waals surface area contributed by atoms with Crippen LogP contribution in [-0.4, -0.2) is 67.3 Å². The van der Waals surface area contributed by atoms with Crippen molar-refractivity contribution >= 4 is 61.0 Å². The molecule has 4 aromatic rings. The van der Waals surface area contributed by atoms with Crippen molar-refractivity contribution in [1.29, 1.82) is 0 Å². The number of likely N-dealkylation sites (N-methyl/N-ethyl adjacent to an activating group) is 1. The molecule has 11 heteroatoms. The molecule has 34 heavy (non-hydrogen) atoms. The third kappa shape index (κ3) is 3.52. The second kappa shape index (κ2) is 8.46. The highest BCUT2D eigenvalue weighted by atomic mass is 35.5. The van der Waals surface area contributed by atoms with E-state index in [2.05, 4.69) is 25.4 Å². The first-order valence-corrected chi connectivity index (χ1v) is 12.5. The first-order chi connectivity index (χ1) is 16.5. The fraction of sp³-hybridized carbons (Fsp3) is 0.348. The maximum atomic E-state index is 16.3. The highest BCUT2D eigenvalue weighted by Gasteiger charge is 2.30. The first kappa shape index (κ1) is 21.7. The highest BCUT2D eigenvalue weighted by molar-refractivity contribution is 7.22. The van der Waals surface area contributed by atoms with Gasteiger partial charge in [0.2, 0.25) is 5.95 Å². The normalized spacial score (nSPS) is 17.0. The zero-order valence-corrected chi connectivity index (χ0v) is 20.2. The number of halogens is 2. The molecule has 2 aromatic heterocycles. The van der Waals surface area contributed by atoms with E-state index in [0.717, 1.165) is 49.8 Å². The van der Waals surface area contributed by atoms with E-state index in [0.29, 0.717) is 38.6 Å². The smallest absolute Gasteiger partial charge is 0.228 e. The Labute approximate surface area is 204 Å². The zero-order valence-electron chi connectivity index (χ0n) is 18.6. The lowest BCUT2D eigenvalue weighted by Gasteiger charge is -2.39. The molecule has 2 fully saturated rings. The van der Waals surface area contributed by atoms with Gasteiger partial charge in [-0.15, -0.1) is 0 Å². The standard InChI is InChI=1S/C23H24ClFN8S/c1-27-12-10-33(11-12)23-30-20-14(21(31-23)32-7-5-28-6-8-32)9-15(24)17(18(20)25)13-3-2-4-16-19(13)29-22(26)34-16/h2-4,9,12,27-28H,5-8,10-11H2,1H3,(H2,26,29). The minimum Gasteiger partial charge on any atom is -0.375 e. The van der Waals surface area contributed by atoms with Gasteiger partial charge in [0.05, 0.1) is 15.2 Å². The summed E-state index contributed by atoms with van der Waals surface area (Å²) in [7, 11) is 1.94. The van der Waals surface area contributed by atoms with E-state index in [9.17, 15) is 0 Å². The molecule has 2 aliphatic rings. The van der Waals surface area contributed by atoms with Gasteiger partial charge in [0.1, 0.15) is 11.3 Å². The summed E-state index contributed by atoms with van der Waals surface area (Å²) in [4.78, 5) is 18.3. The molecular weight excluding hydrogens is 475 g/mol. The van der Waals surface area contributed by atoms with Crippen LogP contribution in [-0.2, 0) is 0 Å². The molecule has 176 valence electrons. The number of nitrogen functional groups attached to an aromatic ring is 1. The molecule has 6 rings (SSSR count). The highest BCUT2D eigenvalue weighted by Crippen LogP contribution is 2.42. The van der Waals surface area contributed by atoms with Gasteiger partial charge in [0.25, 0.3) is 0 Å². The number of nitrogens with one attached hydrogen (secondary N) is 2. The summed E-state index contributed by atoms with van der Waals surface area (Å²) in [6.07, 6.45) is 0. The van der Waals surface area contributed by atoms with Crippen LogP contribution in [0.5, 0.6) is 0 Å². The number of anilines is 3. The Kier molecular flexibility index (Phi) is 5.40. The van der Waals surface area contributed by atoms with E-state index in [1.54, 1.807) is 6.07 Å². The number of nitrogens with two attached hydrogens (primary N) is 1. The second-order valence-electron chi connectivity index (χ2n) is 8.62. The van der Waals surface area contributed by atoms with Crippen molar-refractivity contribution in [2.24, 2.45) is 0 Å². The summed E-state index contributed by atoms with van der Waals surface area (Å²) in [5.74, 6) is 0.793. The molecule has 4 N–H and O–H groups in total. The minimum atomic E-state index is -0.465. The van der Waals surface area contributed by atoms with Gasteiger partial charge in [-0.2, -0.15) is 4.98 Å². The number of para-hydroxylation sites is 1. The third-order valence-electron chi connectivity index (χ3n) is 6.55. The number of thiazole rings is 1. The van der Waals surface area contributed by atoms with E-state index in [-0.39, 0.29) is 11.1 Å². The van der Waals surface area contributed by atoms with Crippen LogP contribution in [0.2, 0.25) is 5.02 Å². The third-order valence-corrected chi connectivity index (χ3v) is 7.69. The van der Waals surface area contributed by atoms with Crippen molar-refractivity contribution in [2.75, 3.05) is 61.8 Å². The van der Waals surface area contributed by atoms with E-state index in [1.165, 1.54) is 11.3 Å². The number of hydrogen-bond donors (Lipinski definition) is 3. The van der Waals surface area contributed by atoms with E-state index in [4.69, 9.17) is 27.3 Å². The second-order valence-corrected chi connectivity index (χ2v) is 10.1. The summed E-state index contributed by atoms with van der Waals surface area (Å²) in [6, 6.07) is 7.77. The van der Waals surface area contributed by atoms with Crippen molar-refractivity contribution in [3.63, 3.8) is 0 Å². The van der Waals surface area contributed by atoms with Gasteiger partial charge in [0, 0.05) is 61.8 Å². The SMILES string of the molecule is CNC1CN(c2nc(N3CCNCC3)c3cc(Cl)c(-c4cccc5sc(N)nc45)c(F)c3n2)C1. The summed E-state index contributed by atoms with van der Waals surface area (Å²) < 4.78 is 17.2. The van der Waals surface area contributed by atoms with Crippen molar-refractivity contribution in [3.8, 4) is 11.1 Å². The molecule has 0 bridgehead atoms. The average Bonchev–Trinajstić information content (AvgIpc) is 3.20. The van der Waals surface area contributed by atoms with Crippen molar-refractivity contribution in [1.82, 2.24) is 25.6 Å². The molecule has 0 atom stereocenters. The summed E-state index contributed by atoms with van der Waals surface area (Å²) in [6.45, 7) is 4.80. The van der Waals surface area contributed by atoms with E-state index < -0.39 is 5.82 Å². The molecule has 8 nitrogen and oxygen atoms in total. The lowest BCUT2D eigenvalue weighted by Crippen LogP contribution is -2.57. The zero-order chi connectivity index (χ0) is 23.4. The van der Waals surface area contributed by atoms with Crippen LogP contribution in [0.4, 0.5) is 21.3 Å². The van der Waals surface area contributed by atoms with Crippen molar-refractivity contribution in [3.05, 3.63) is 35.1 Å². The Balaban J connectivity index is 1.57. The molecule has 2 aromatic carbocycles. The lowest BCUT2D eigenvalue weighted by molar-refractivity contribution is 0.443. The Hall–Kier alpha value is -2.79. The Bertz CT molecular complexity index is 1400. The number of nitrogens with zero attached hydrogens (tertiary/aromatic N) is 5. The maximum Gasteiger partial charge on any atom is 0.228 e. The predicted molar refractivity (Wildman–Crippen MR) is 138 cm³/mol. The topological polar surface area (TPSA) is 95.2 Å². The molecule has 4 heterocycles. The summed E-state index contributed by atoms with van der Waals surface area (Å²) in [5, 5.41) is 7.97. The summed E-state index contributed by atoms with van der Waals surface area (Å²) in [5.41, 5.74) is 7.75. The van der Waals surface area contributed by atoms with Crippen LogP contribution < -0.4 is 26.2 Å². The van der Waals surface area contributed by atoms with Gasteiger partial charge >= 0.3 is 0 Å². The number of rotatable bonds is 4. The fourth-order valence-electron chi connectivity index (χ4n) is 4.67. The minimum absolute atomic E-state index is 0.269. The van der Waals surface area contributed by atoms with Crippen LogP contribution >= 0.6 is 22.9 Å². The number of hydrogen-bond acceptors (Lipinski definition) is 9. The first-order valence-electron chi connectivity index (χ1n) is 11.3. The van der Waals surface area contributed by atoms with Crippen LogP contribution in [0.15, 0.2) is 24.3 Å². The maximum absolute atomic E-state index is 16.3. The number of aromatic nitrogens is 3. The Morgan fingerprint density at radius 1 is 1.15 bits per heavy atom. The van der Waals surface area contributed by atoms with Gasteiger partial charge in [-0.3, -0.25) is 0 Å². The Morgan fingerprint density at radius 3 is 2.71 bits per heavy atom. The monoisotopic (exact) mass is 498 g/mol. The van der Waals surface area contributed by atoms with Crippen LogP contribution in [0.1, 0.15) is 0 Å². The number of benzene rings is 2. The number of piperazine rings is 1. The Morgan fingerprint density at radius 2 is 1.94 bits per heavy atom. The average molecular weight is 499 g/mol. The predicted octanol–water partition coefficient (Wildman–Crippen LogP) is 3.10. The van der Waals surface area contributed by atoms with Gasteiger partial charge < -0.3 is 26.2 Å². The summed E-state index contributed by atoms with van der Waals surface area (Å²) >= 11 is 8.11. The molecule has 0 aliphatic carbocycles. The fourth-order valence-corrected chi connectivity index (χ4v) is 5.72. The largest absolute Gasteiger partial charge is 0.375 e. The molecule has 0 unspecified atom stereocenters. The van der Waals surface area contributed by atoms with Crippen LogP contribution in [0.3, 0.4) is 0 Å². The van der Waals surface area contributed by atoms with Crippen molar-refractivity contribution < 1.29 is 4.39 Å². The van der Waals surface area contributed by atoms with Crippen LogP contribution in [0, 0.1) is 5.82 Å². The van der Waals surface area contributed by atoms with E-state index >= 15 is 4.39 Å².